The lowest BCUT2D eigenvalue weighted by molar-refractivity contribution is 0.262. The van der Waals surface area contributed by atoms with Gasteiger partial charge in [-0.1, -0.05) is 37.3 Å². The highest BCUT2D eigenvalue weighted by molar-refractivity contribution is 7.78. The fraction of sp³-hybridized carbons (Fsp3) is 0.417. The number of hydrazine groups is 1. The lowest BCUT2D eigenvalue weighted by atomic mass is 9.88. The largest absolute Gasteiger partial charge is 0.496 e. The number of hydrogen-bond acceptors (Lipinski definition) is 4. The van der Waals surface area contributed by atoms with Crippen LogP contribution in [0.4, 0.5) is 0 Å². The van der Waals surface area contributed by atoms with Crippen molar-refractivity contribution in [3.05, 3.63) is 29.8 Å². The van der Waals surface area contributed by atoms with Gasteiger partial charge in [0, 0.05) is 18.0 Å². The quantitative estimate of drug-likeness (QED) is 0.701. The molecule has 2 atom stereocenters. The third-order valence-electron chi connectivity index (χ3n) is 3.25. The lowest BCUT2D eigenvalue weighted by Gasteiger charge is -2.34. The molecule has 1 fully saturated rings. The van der Waals surface area contributed by atoms with Crippen LogP contribution >= 0.6 is 12.2 Å². The van der Waals surface area contributed by atoms with E-state index in [1.807, 2.05) is 24.3 Å². The molecule has 92 valence electrons. The molecule has 1 aromatic rings. The van der Waals surface area contributed by atoms with Crippen molar-refractivity contribution in [2.45, 2.75) is 12.6 Å². The number of thiocarbonyl (C=S) groups is 1. The molecule has 17 heavy (non-hydrogen) atoms. The highest BCUT2D eigenvalue weighted by Gasteiger charge is 2.43. The van der Waals surface area contributed by atoms with Crippen LogP contribution in [0.25, 0.3) is 0 Å². The summed E-state index contributed by atoms with van der Waals surface area (Å²) in [5, 5.41) is 3.23. The molecule has 2 unspecified atom stereocenters. The van der Waals surface area contributed by atoms with Gasteiger partial charge in [0.1, 0.15) is 11.4 Å². The Balaban J connectivity index is 2.49. The molecular formula is C12H17N3OS. The number of para-hydroxylation sites is 1. The minimum Gasteiger partial charge on any atom is -0.496 e. The van der Waals surface area contributed by atoms with Crippen molar-refractivity contribution in [2.24, 2.45) is 5.92 Å². The molecule has 0 radical (unpaired) electrons. The van der Waals surface area contributed by atoms with Gasteiger partial charge in [-0.2, -0.15) is 0 Å². The summed E-state index contributed by atoms with van der Waals surface area (Å²) in [6.45, 7) is 3.03. The van der Waals surface area contributed by atoms with E-state index in [0.29, 0.717) is 5.92 Å². The Morgan fingerprint density at radius 3 is 2.88 bits per heavy atom. The van der Waals surface area contributed by atoms with Crippen LogP contribution in [0.15, 0.2) is 24.3 Å². The van der Waals surface area contributed by atoms with Gasteiger partial charge in [0.15, 0.2) is 0 Å². The number of rotatable bonds is 4. The first-order valence-electron chi connectivity index (χ1n) is 5.59. The third kappa shape index (κ3) is 2.01. The molecule has 1 aliphatic heterocycles. The minimum absolute atomic E-state index is 0.345. The van der Waals surface area contributed by atoms with Crippen molar-refractivity contribution in [3.63, 3.8) is 0 Å². The second kappa shape index (κ2) is 5.00. The number of hydrogen-bond donors (Lipinski definition) is 3. The molecule has 0 saturated carbocycles. The Hall–Kier alpha value is -1.17. The molecule has 1 aromatic carbocycles. The fourth-order valence-electron chi connectivity index (χ4n) is 2.27. The average molecular weight is 251 g/mol. The van der Waals surface area contributed by atoms with Crippen molar-refractivity contribution in [3.8, 4) is 5.75 Å². The first-order valence-corrected chi connectivity index (χ1v) is 6.06. The van der Waals surface area contributed by atoms with Crippen LogP contribution in [0, 0.1) is 5.92 Å². The summed E-state index contributed by atoms with van der Waals surface area (Å²) in [5.74, 6) is 1.19. The van der Waals surface area contributed by atoms with E-state index in [4.69, 9.17) is 17.0 Å². The van der Waals surface area contributed by atoms with E-state index in [-0.39, 0.29) is 0 Å². The van der Waals surface area contributed by atoms with Crippen LogP contribution in [0.3, 0.4) is 0 Å². The molecule has 1 aliphatic rings. The predicted molar refractivity (Wildman–Crippen MR) is 71.8 cm³/mol. The number of nitrogens with one attached hydrogen (secondary N) is 3. The molecule has 1 saturated heterocycles. The smallest absolute Gasteiger partial charge is 0.135 e. The number of ether oxygens (including phenoxy) is 1. The summed E-state index contributed by atoms with van der Waals surface area (Å²) in [7, 11) is 1.68. The number of benzene rings is 1. The molecule has 0 bridgehead atoms. The number of methoxy groups -OCH3 is 1. The molecule has 5 heteroatoms. The summed E-state index contributed by atoms with van der Waals surface area (Å²) < 4.78 is 5.42. The van der Waals surface area contributed by atoms with Crippen molar-refractivity contribution < 1.29 is 4.74 Å². The van der Waals surface area contributed by atoms with Crippen molar-refractivity contribution >= 4 is 17.7 Å². The van der Waals surface area contributed by atoms with Crippen LogP contribution in [0.5, 0.6) is 5.75 Å². The Morgan fingerprint density at radius 2 is 2.29 bits per heavy atom. The molecular weight excluding hydrogens is 234 g/mol. The van der Waals surface area contributed by atoms with Crippen LogP contribution in [0.2, 0.25) is 0 Å². The molecule has 0 spiro atoms. The van der Waals surface area contributed by atoms with Gasteiger partial charge in [0.2, 0.25) is 0 Å². The Bertz CT molecular complexity index is 412. The van der Waals surface area contributed by atoms with E-state index in [1.54, 1.807) is 12.6 Å². The van der Waals surface area contributed by atoms with Crippen LogP contribution in [0.1, 0.15) is 12.5 Å². The van der Waals surface area contributed by atoms with E-state index in [0.717, 1.165) is 17.9 Å². The summed E-state index contributed by atoms with van der Waals surface area (Å²) >= 11 is 4.95. The van der Waals surface area contributed by atoms with Gasteiger partial charge < -0.3 is 10.1 Å². The summed E-state index contributed by atoms with van der Waals surface area (Å²) in [6, 6.07) is 7.95. The zero-order valence-electron chi connectivity index (χ0n) is 9.99. The van der Waals surface area contributed by atoms with E-state index < -0.39 is 5.66 Å². The zero-order chi connectivity index (χ0) is 12.3. The summed E-state index contributed by atoms with van der Waals surface area (Å²) in [6.07, 6.45) is 0. The predicted octanol–water partition coefficient (Wildman–Crippen LogP) is 1.14. The van der Waals surface area contributed by atoms with Gasteiger partial charge in [0.05, 0.1) is 12.6 Å². The Kier molecular flexibility index (Phi) is 3.61. The molecule has 3 N–H and O–H groups in total. The van der Waals surface area contributed by atoms with Gasteiger partial charge in [0.25, 0.3) is 0 Å². The second-order valence-corrected chi connectivity index (χ2v) is 4.41. The van der Waals surface area contributed by atoms with E-state index >= 15 is 0 Å². The van der Waals surface area contributed by atoms with Gasteiger partial charge in [-0.15, -0.1) is 0 Å². The summed E-state index contributed by atoms with van der Waals surface area (Å²) in [4.78, 5) is 0. The monoisotopic (exact) mass is 251 g/mol. The third-order valence-corrected chi connectivity index (χ3v) is 3.37. The summed E-state index contributed by atoms with van der Waals surface area (Å²) in [5.41, 5.74) is 8.63. The fourth-order valence-corrected chi connectivity index (χ4v) is 2.46. The van der Waals surface area contributed by atoms with Gasteiger partial charge in [-0.25, -0.2) is 5.43 Å². The maximum atomic E-state index is 5.42. The van der Waals surface area contributed by atoms with Crippen LogP contribution in [-0.4, -0.2) is 19.1 Å². The highest BCUT2D eigenvalue weighted by Crippen LogP contribution is 2.35. The Labute approximate surface area is 107 Å². The molecule has 0 amide bonds. The zero-order valence-corrected chi connectivity index (χ0v) is 10.8. The SMILES string of the molecule is COc1ccccc1C1(NC=S)NNCC1C. The van der Waals surface area contributed by atoms with E-state index in [1.165, 1.54) is 0 Å². The molecule has 2 rings (SSSR count). The van der Waals surface area contributed by atoms with E-state index in [9.17, 15) is 0 Å². The minimum atomic E-state index is -0.408. The van der Waals surface area contributed by atoms with Gasteiger partial charge >= 0.3 is 0 Å². The normalized spacial score (nSPS) is 27.8. The van der Waals surface area contributed by atoms with Crippen LogP contribution in [-0.2, 0) is 5.66 Å². The van der Waals surface area contributed by atoms with Crippen molar-refractivity contribution in [2.75, 3.05) is 13.7 Å². The first-order chi connectivity index (χ1) is 8.24. The van der Waals surface area contributed by atoms with E-state index in [2.05, 4.69) is 23.1 Å². The molecule has 0 aliphatic carbocycles. The average Bonchev–Trinajstić information content (AvgIpc) is 2.72. The van der Waals surface area contributed by atoms with Gasteiger partial charge in [-0.05, 0) is 6.07 Å². The lowest BCUT2D eigenvalue weighted by Crippen LogP contribution is -2.54. The molecule has 4 nitrogen and oxygen atoms in total. The highest BCUT2D eigenvalue weighted by atomic mass is 32.1. The topological polar surface area (TPSA) is 45.3 Å². The molecule has 1 heterocycles. The molecule has 0 aromatic heterocycles. The first kappa shape index (κ1) is 12.3. The van der Waals surface area contributed by atoms with Crippen molar-refractivity contribution in [1.29, 1.82) is 0 Å². The van der Waals surface area contributed by atoms with Crippen molar-refractivity contribution in [1.82, 2.24) is 16.2 Å². The standard InChI is InChI=1S/C12H17N3OS/c1-9-7-14-15-12(9,13-8-17)10-5-3-4-6-11(10)16-2/h3-6,8-9,14-15H,7H2,1-2H3,(H,13,17). The van der Waals surface area contributed by atoms with Crippen LogP contribution < -0.4 is 20.9 Å². The maximum absolute atomic E-state index is 5.42. The van der Waals surface area contributed by atoms with Gasteiger partial charge in [-0.3, -0.25) is 5.43 Å². The second-order valence-electron chi connectivity index (χ2n) is 4.18. The maximum Gasteiger partial charge on any atom is 0.135 e. The Morgan fingerprint density at radius 1 is 1.53 bits per heavy atom.